The monoisotopic (exact) mass is 265 g/mol. The highest BCUT2D eigenvalue weighted by molar-refractivity contribution is 5.28. The van der Waals surface area contributed by atoms with Gasteiger partial charge in [0.1, 0.15) is 11.5 Å². The van der Waals surface area contributed by atoms with E-state index in [-0.39, 0.29) is 6.04 Å². The van der Waals surface area contributed by atoms with Crippen molar-refractivity contribution in [1.29, 1.82) is 0 Å². The molecule has 0 aliphatic heterocycles. The average molecular weight is 265 g/mol. The van der Waals surface area contributed by atoms with Crippen LogP contribution in [0.15, 0.2) is 34.7 Å². The van der Waals surface area contributed by atoms with Crippen molar-refractivity contribution >= 4 is 0 Å². The van der Waals surface area contributed by atoms with E-state index in [1.807, 2.05) is 26.0 Å². The number of benzene rings is 1. The summed E-state index contributed by atoms with van der Waals surface area (Å²) in [7, 11) is 0. The summed E-state index contributed by atoms with van der Waals surface area (Å²) in [6, 6.07) is 7.37. The highest BCUT2D eigenvalue weighted by Crippen LogP contribution is 2.25. The molecule has 0 saturated carbocycles. The zero-order valence-corrected chi connectivity index (χ0v) is 11.0. The Morgan fingerprint density at radius 3 is 2.53 bits per heavy atom. The minimum Gasteiger partial charge on any atom is -0.464 e. The molecule has 1 heterocycles. The largest absolute Gasteiger partial charge is 0.464 e. The summed E-state index contributed by atoms with van der Waals surface area (Å²) in [6.45, 7) is 4.66. The van der Waals surface area contributed by atoms with Crippen molar-refractivity contribution < 1.29 is 13.2 Å². The Hall–Kier alpha value is -1.68. The number of furan rings is 1. The lowest BCUT2D eigenvalue weighted by Gasteiger charge is -2.17. The van der Waals surface area contributed by atoms with E-state index in [1.54, 1.807) is 6.07 Å². The topological polar surface area (TPSA) is 25.2 Å². The van der Waals surface area contributed by atoms with E-state index >= 15 is 0 Å². The molecule has 1 unspecified atom stereocenters. The summed E-state index contributed by atoms with van der Waals surface area (Å²) < 4.78 is 31.9. The molecule has 1 aromatic heterocycles. The second-order valence-corrected chi connectivity index (χ2v) is 4.51. The van der Waals surface area contributed by atoms with Crippen molar-refractivity contribution in [3.8, 4) is 0 Å². The zero-order valence-electron chi connectivity index (χ0n) is 11.0. The van der Waals surface area contributed by atoms with Crippen molar-refractivity contribution in [2.45, 2.75) is 26.3 Å². The summed E-state index contributed by atoms with van der Waals surface area (Å²) in [5.74, 6) is -0.185. The van der Waals surface area contributed by atoms with Gasteiger partial charge in [0.2, 0.25) is 0 Å². The number of halogens is 2. The van der Waals surface area contributed by atoms with Crippen LogP contribution >= 0.6 is 0 Å². The molecular formula is C15H17F2NO. The molecule has 0 spiro atoms. The van der Waals surface area contributed by atoms with Gasteiger partial charge in [0, 0.05) is 0 Å². The molecule has 0 aliphatic carbocycles. The maximum absolute atomic E-state index is 13.3. The molecule has 0 radical (unpaired) electrons. The van der Waals surface area contributed by atoms with Crippen molar-refractivity contribution in [2.24, 2.45) is 0 Å². The fraction of sp³-hybridized carbons (Fsp3) is 0.333. The third-order valence-corrected chi connectivity index (χ3v) is 2.92. The van der Waals surface area contributed by atoms with Crippen molar-refractivity contribution in [2.75, 3.05) is 6.54 Å². The van der Waals surface area contributed by atoms with E-state index in [2.05, 4.69) is 5.32 Å². The quantitative estimate of drug-likeness (QED) is 0.885. The minimum absolute atomic E-state index is 0.260. The van der Waals surface area contributed by atoms with E-state index in [0.717, 1.165) is 24.8 Å². The lowest BCUT2D eigenvalue weighted by molar-refractivity contribution is 0.428. The van der Waals surface area contributed by atoms with E-state index in [0.29, 0.717) is 11.3 Å². The molecule has 0 aliphatic rings. The predicted octanol–water partition coefficient (Wildman–Crippen LogP) is 3.96. The van der Waals surface area contributed by atoms with Gasteiger partial charge in [-0.25, -0.2) is 8.78 Å². The van der Waals surface area contributed by atoms with Gasteiger partial charge in [-0.15, -0.1) is 0 Å². The lowest BCUT2D eigenvalue weighted by atomic mass is 10.0. The first-order valence-corrected chi connectivity index (χ1v) is 6.36. The first-order valence-electron chi connectivity index (χ1n) is 6.36. The molecule has 19 heavy (non-hydrogen) atoms. The molecule has 102 valence electrons. The maximum atomic E-state index is 13.3. The van der Waals surface area contributed by atoms with Crippen LogP contribution in [0.3, 0.4) is 0 Å². The van der Waals surface area contributed by atoms with Gasteiger partial charge in [-0.05, 0) is 49.7 Å². The van der Waals surface area contributed by atoms with Crippen LogP contribution in [0.2, 0.25) is 0 Å². The van der Waals surface area contributed by atoms with Gasteiger partial charge in [-0.2, -0.15) is 0 Å². The molecule has 2 aromatic rings. The van der Waals surface area contributed by atoms with Crippen molar-refractivity contribution in [3.63, 3.8) is 0 Å². The normalized spacial score (nSPS) is 12.6. The van der Waals surface area contributed by atoms with E-state index < -0.39 is 11.6 Å². The number of rotatable bonds is 5. The first kappa shape index (κ1) is 13.7. The van der Waals surface area contributed by atoms with Crippen LogP contribution < -0.4 is 5.32 Å². The molecule has 0 amide bonds. The number of aryl methyl sites for hydroxylation is 1. The molecule has 4 heteroatoms. The molecule has 1 atom stereocenters. The fourth-order valence-corrected chi connectivity index (χ4v) is 1.97. The van der Waals surface area contributed by atoms with E-state index in [9.17, 15) is 8.78 Å². The summed E-state index contributed by atoms with van der Waals surface area (Å²) in [4.78, 5) is 0. The highest BCUT2D eigenvalue weighted by Gasteiger charge is 2.18. The Bertz CT molecular complexity index is 551. The second-order valence-electron chi connectivity index (χ2n) is 4.51. The van der Waals surface area contributed by atoms with E-state index in [4.69, 9.17) is 4.42 Å². The Balaban J connectivity index is 2.33. The molecule has 2 rings (SSSR count). The maximum Gasteiger partial charge on any atom is 0.159 e. The van der Waals surface area contributed by atoms with Crippen LogP contribution in [-0.2, 0) is 0 Å². The predicted molar refractivity (Wildman–Crippen MR) is 69.9 cm³/mol. The SMILES string of the molecule is CCCNC(c1ccc(F)c(F)c1)c1ccc(C)o1. The van der Waals surface area contributed by atoms with Gasteiger partial charge >= 0.3 is 0 Å². The van der Waals surface area contributed by atoms with Crippen LogP contribution in [0.1, 0.15) is 36.5 Å². The van der Waals surface area contributed by atoms with Gasteiger partial charge in [-0.1, -0.05) is 13.0 Å². The van der Waals surface area contributed by atoms with Gasteiger partial charge in [0.25, 0.3) is 0 Å². The number of nitrogens with one attached hydrogen (secondary N) is 1. The van der Waals surface area contributed by atoms with Crippen molar-refractivity contribution in [3.05, 3.63) is 59.1 Å². The summed E-state index contributed by atoms with van der Waals surface area (Å²) in [6.07, 6.45) is 0.944. The third-order valence-electron chi connectivity index (χ3n) is 2.92. The Morgan fingerprint density at radius 1 is 1.16 bits per heavy atom. The van der Waals surface area contributed by atoms with Crippen LogP contribution in [0.4, 0.5) is 8.78 Å². The summed E-state index contributed by atoms with van der Waals surface area (Å²) in [5.41, 5.74) is 0.654. The standard InChI is InChI=1S/C15H17F2NO/c1-3-8-18-15(14-7-4-10(2)19-14)11-5-6-12(16)13(17)9-11/h4-7,9,15,18H,3,8H2,1-2H3. The number of hydrogen-bond acceptors (Lipinski definition) is 2. The van der Waals surface area contributed by atoms with Crippen LogP contribution in [0.25, 0.3) is 0 Å². The molecule has 1 N–H and O–H groups in total. The van der Waals surface area contributed by atoms with Crippen LogP contribution in [0.5, 0.6) is 0 Å². The van der Waals surface area contributed by atoms with Gasteiger partial charge < -0.3 is 9.73 Å². The smallest absolute Gasteiger partial charge is 0.159 e. The van der Waals surface area contributed by atoms with Gasteiger partial charge in [-0.3, -0.25) is 0 Å². The molecule has 2 nitrogen and oxygen atoms in total. The van der Waals surface area contributed by atoms with Crippen molar-refractivity contribution in [1.82, 2.24) is 5.32 Å². The van der Waals surface area contributed by atoms with Crippen LogP contribution in [0, 0.1) is 18.6 Å². The molecule has 0 saturated heterocycles. The molecule has 0 fully saturated rings. The Morgan fingerprint density at radius 2 is 1.95 bits per heavy atom. The van der Waals surface area contributed by atoms with Gasteiger partial charge in [0.15, 0.2) is 11.6 Å². The molecule has 0 bridgehead atoms. The first-order chi connectivity index (χ1) is 9.11. The minimum atomic E-state index is -0.843. The molecule has 1 aromatic carbocycles. The van der Waals surface area contributed by atoms with Crippen LogP contribution in [-0.4, -0.2) is 6.54 Å². The second kappa shape index (κ2) is 5.97. The lowest BCUT2D eigenvalue weighted by Crippen LogP contribution is -2.23. The highest BCUT2D eigenvalue weighted by atomic mass is 19.2. The zero-order chi connectivity index (χ0) is 13.8. The number of hydrogen-bond donors (Lipinski definition) is 1. The Labute approximate surface area is 111 Å². The molecular weight excluding hydrogens is 248 g/mol. The average Bonchev–Trinajstić information content (AvgIpc) is 2.80. The third kappa shape index (κ3) is 3.20. The fourth-order valence-electron chi connectivity index (χ4n) is 1.97. The van der Waals surface area contributed by atoms with Gasteiger partial charge in [0.05, 0.1) is 6.04 Å². The summed E-state index contributed by atoms with van der Waals surface area (Å²) >= 11 is 0. The Kier molecular flexibility index (Phi) is 4.32. The summed E-state index contributed by atoms with van der Waals surface area (Å²) in [5, 5.41) is 3.28. The van der Waals surface area contributed by atoms with E-state index in [1.165, 1.54) is 6.07 Å².